The maximum atomic E-state index is 4.26. The second-order valence-corrected chi connectivity index (χ2v) is 4.88. The Labute approximate surface area is 118 Å². The van der Waals surface area contributed by atoms with E-state index in [1.807, 2.05) is 36.6 Å². The molecule has 8 heteroatoms. The minimum absolute atomic E-state index is 0.559. The van der Waals surface area contributed by atoms with Crippen molar-refractivity contribution in [2.75, 3.05) is 5.43 Å². The summed E-state index contributed by atoms with van der Waals surface area (Å²) >= 11 is 1.52. The van der Waals surface area contributed by atoms with Gasteiger partial charge in [0.2, 0.25) is 11.0 Å². The fraction of sp³-hybridized carbons (Fsp3) is 0.0833. The molecule has 2 heterocycles. The number of H-pyrrole nitrogens is 1. The normalized spacial score (nSPS) is 11.1. The Kier molecular flexibility index (Phi) is 3.46. The summed E-state index contributed by atoms with van der Waals surface area (Å²) < 4.78 is 0. The summed E-state index contributed by atoms with van der Waals surface area (Å²) in [5, 5.41) is 20.8. The highest BCUT2D eigenvalue weighted by Crippen LogP contribution is 2.15. The lowest BCUT2D eigenvalue weighted by atomic mass is 10.1. The Bertz CT molecular complexity index is 717. The van der Waals surface area contributed by atoms with Crippen LogP contribution in [0.15, 0.2) is 34.7 Å². The van der Waals surface area contributed by atoms with Gasteiger partial charge in [-0.15, -0.1) is 21.5 Å². The van der Waals surface area contributed by atoms with E-state index in [1.165, 1.54) is 11.3 Å². The van der Waals surface area contributed by atoms with Gasteiger partial charge in [0.1, 0.15) is 0 Å². The summed E-state index contributed by atoms with van der Waals surface area (Å²) in [5.74, 6) is 0.559. The average molecular weight is 285 g/mol. The summed E-state index contributed by atoms with van der Waals surface area (Å²) in [6.07, 6.45) is 1.72. The lowest BCUT2D eigenvalue weighted by Crippen LogP contribution is -1.91. The zero-order valence-electron chi connectivity index (χ0n) is 10.6. The first-order chi connectivity index (χ1) is 9.81. The lowest BCUT2D eigenvalue weighted by molar-refractivity contribution is 0.881. The molecular formula is C12H11N7S. The first kappa shape index (κ1) is 12.4. The fourth-order valence-electron chi connectivity index (χ4n) is 1.61. The second kappa shape index (κ2) is 5.57. The summed E-state index contributed by atoms with van der Waals surface area (Å²) in [7, 11) is 0. The number of aryl methyl sites for hydroxylation is 1. The Morgan fingerprint density at radius 3 is 3.10 bits per heavy atom. The van der Waals surface area contributed by atoms with E-state index in [-0.39, 0.29) is 0 Å². The van der Waals surface area contributed by atoms with Gasteiger partial charge in [0.25, 0.3) is 0 Å². The number of hydrazone groups is 1. The van der Waals surface area contributed by atoms with Gasteiger partial charge >= 0.3 is 0 Å². The molecule has 0 fully saturated rings. The van der Waals surface area contributed by atoms with Crippen molar-refractivity contribution in [2.24, 2.45) is 5.10 Å². The van der Waals surface area contributed by atoms with Crippen LogP contribution in [0.3, 0.4) is 0 Å². The molecule has 2 N–H and O–H groups in total. The molecule has 0 amide bonds. The van der Waals surface area contributed by atoms with E-state index in [4.69, 9.17) is 0 Å². The fourth-order valence-corrected chi connectivity index (χ4v) is 2.25. The van der Waals surface area contributed by atoms with Crippen LogP contribution in [0.4, 0.5) is 5.13 Å². The van der Waals surface area contributed by atoms with Crippen molar-refractivity contribution < 1.29 is 0 Å². The predicted molar refractivity (Wildman–Crippen MR) is 77.7 cm³/mol. The monoisotopic (exact) mass is 285 g/mol. The van der Waals surface area contributed by atoms with E-state index in [9.17, 15) is 0 Å². The van der Waals surface area contributed by atoms with Crippen molar-refractivity contribution in [3.63, 3.8) is 0 Å². The molecule has 0 aliphatic heterocycles. The van der Waals surface area contributed by atoms with Gasteiger partial charge in [0.05, 0.1) is 11.9 Å². The van der Waals surface area contributed by atoms with Gasteiger partial charge in [-0.1, -0.05) is 18.2 Å². The molecule has 0 atom stereocenters. The number of tetrazole rings is 1. The van der Waals surface area contributed by atoms with Crippen LogP contribution in [0.25, 0.3) is 11.4 Å². The van der Waals surface area contributed by atoms with Gasteiger partial charge in [-0.05, 0) is 23.8 Å². The van der Waals surface area contributed by atoms with Crippen LogP contribution in [0.1, 0.15) is 11.3 Å². The van der Waals surface area contributed by atoms with Gasteiger partial charge in [-0.2, -0.15) is 10.3 Å². The molecule has 0 aliphatic rings. The van der Waals surface area contributed by atoms with Crippen molar-refractivity contribution >= 4 is 22.7 Å². The number of nitrogens with one attached hydrogen (secondary N) is 2. The SMILES string of the molecule is Cc1csc(NN=Cc2cccc(-c3nn[nH]n3)c2)n1. The quantitative estimate of drug-likeness (QED) is 0.565. The highest BCUT2D eigenvalue weighted by Gasteiger charge is 2.02. The summed E-state index contributed by atoms with van der Waals surface area (Å²) in [4.78, 5) is 4.26. The number of nitrogens with zero attached hydrogens (tertiary/aromatic N) is 5. The molecular weight excluding hydrogens is 274 g/mol. The standard InChI is InChI=1S/C12H11N7S/c1-8-7-20-12(14-8)17-13-6-9-3-2-4-10(5-9)11-15-18-19-16-11/h2-7H,1H3,(H,14,17)(H,15,16,18,19). The van der Waals surface area contributed by atoms with Gasteiger partial charge in [-0.3, -0.25) is 5.43 Å². The van der Waals surface area contributed by atoms with Crippen LogP contribution in [-0.4, -0.2) is 31.8 Å². The summed E-state index contributed by atoms with van der Waals surface area (Å²) in [6, 6.07) is 7.71. The van der Waals surface area contributed by atoms with Crippen molar-refractivity contribution in [3.8, 4) is 11.4 Å². The lowest BCUT2D eigenvalue weighted by Gasteiger charge is -1.97. The number of aromatic nitrogens is 5. The number of thiazole rings is 1. The number of hydrogen-bond donors (Lipinski definition) is 2. The van der Waals surface area contributed by atoms with Crippen molar-refractivity contribution in [2.45, 2.75) is 6.92 Å². The van der Waals surface area contributed by atoms with Crippen LogP contribution >= 0.6 is 11.3 Å². The minimum Gasteiger partial charge on any atom is -0.253 e. The van der Waals surface area contributed by atoms with Crippen molar-refractivity contribution in [1.29, 1.82) is 0 Å². The molecule has 0 unspecified atom stereocenters. The molecule has 0 radical (unpaired) electrons. The number of hydrogen-bond acceptors (Lipinski definition) is 7. The first-order valence-electron chi connectivity index (χ1n) is 5.86. The molecule has 20 heavy (non-hydrogen) atoms. The third kappa shape index (κ3) is 2.86. The van der Waals surface area contributed by atoms with Crippen LogP contribution in [0.2, 0.25) is 0 Å². The molecule has 3 aromatic rings. The molecule has 0 saturated carbocycles. The van der Waals surface area contributed by atoms with Gasteiger partial charge < -0.3 is 0 Å². The maximum Gasteiger partial charge on any atom is 0.204 e. The Hall–Kier alpha value is -2.61. The molecule has 7 nitrogen and oxygen atoms in total. The number of benzene rings is 1. The molecule has 0 bridgehead atoms. The summed E-state index contributed by atoms with van der Waals surface area (Å²) in [6.45, 7) is 1.94. The zero-order valence-corrected chi connectivity index (χ0v) is 11.4. The Morgan fingerprint density at radius 2 is 2.35 bits per heavy atom. The van der Waals surface area contributed by atoms with E-state index in [0.717, 1.165) is 22.0 Å². The van der Waals surface area contributed by atoms with Crippen LogP contribution < -0.4 is 5.43 Å². The molecule has 0 spiro atoms. The van der Waals surface area contributed by atoms with E-state index < -0.39 is 0 Å². The smallest absolute Gasteiger partial charge is 0.204 e. The Morgan fingerprint density at radius 1 is 1.40 bits per heavy atom. The molecule has 0 aliphatic carbocycles. The second-order valence-electron chi connectivity index (χ2n) is 4.02. The molecule has 100 valence electrons. The summed E-state index contributed by atoms with van der Waals surface area (Å²) in [5.41, 5.74) is 5.69. The Balaban J connectivity index is 1.73. The molecule has 3 rings (SSSR count). The van der Waals surface area contributed by atoms with Gasteiger partial charge in [0, 0.05) is 10.9 Å². The number of anilines is 1. The number of rotatable bonds is 4. The van der Waals surface area contributed by atoms with E-state index in [1.54, 1.807) is 6.21 Å². The zero-order chi connectivity index (χ0) is 13.8. The van der Waals surface area contributed by atoms with Crippen molar-refractivity contribution in [1.82, 2.24) is 25.6 Å². The largest absolute Gasteiger partial charge is 0.253 e. The first-order valence-corrected chi connectivity index (χ1v) is 6.74. The highest BCUT2D eigenvalue weighted by molar-refractivity contribution is 7.13. The highest BCUT2D eigenvalue weighted by atomic mass is 32.1. The topological polar surface area (TPSA) is 91.7 Å². The van der Waals surface area contributed by atoms with Gasteiger partial charge in [0.15, 0.2) is 0 Å². The van der Waals surface area contributed by atoms with Crippen LogP contribution in [0.5, 0.6) is 0 Å². The van der Waals surface area contributed by atoms with Crippen LogP contribution in [0, 0.1) is 6.92 Å². The average Bonchev–Trinajstić information content (AvgIpc) is 3.11. The molecule has 1 aromatic carbocycles. The van der Waals surface area contributed by atoms with Crippen molar-refractivity contribution in [3.05, 3.63) is 40.9 Å². The molecule has 0 saturated heterocycles. The van der Waals surface area contributed by atoms with E-state index in [2.05, 4.69) is 36.1 Å². The van der Waals surface area contributed by atoms with Gasteiger partial charge in [-0.25, -0.2) is 4.98 Å². The third-order valence-electron chi connectivity index (χ3n) is 2.48. The van der Waals surface area contributed by atoms with E-state index in [0.29, 0.717) is 5.82 Å². The maximum absolute atomic E-state index is 4.26. The van der Waals surface area contributed by atoms with Crippen LogP contribution in [-0.2, 0) is 0 Å². The molecule has 2 aromatic heterocycles. The third-order valence-corrected chi connectivity index (χ3v) is 3.35. The van der Waals surface area contributed by atoms with E-state index >= 15 is 0 Å². The number of aromatic amines is 1. The minimum atomic E-state index is 0.559. The predicted octanol–water partition coefficient (Wildman–Crippen LogP) is 2.08.